The van der Waals surface area contributed by atoms with Gasteiger partial charge in [-0.1, -0.05) is 48.0 Å². The first-order chi connectivity index (χ1) is 15.4. The van der Waals surface area contributed by atoms with Gasteiger partial charge in [0.2, 0.25) is 0 Å². The minimum atomic E-state index is -3.79. The number of hydrogen-bond donors (Lipinski definition) is 0. The third-order valence-electron chi connectivity index (χ3n) is 5.62. The van der Waals surface area contributed by atoms with Crippen LogP contribution in [0, 0.1) is 0 Å². The molecule has 0 spiro atoms. The minimum Gasteiger partial charge on any atom is -0.368 e. The highest BCUT2D eigenvalue weighted by atomic mass is 35.5. The van der Waals surface area contributed by atoms with Crippen molar-refractivity contribution in [3.05, 3.63) is 89.4 Å². The molecule has 1 saturated heterocycles. The van der Waals surface area contributed by atoms with Gasteiger partial charge in [-0.15, -0.1) is 0 Å². The highest BCUT2D eigenvalue weighted by molar-refractivity contribution is 7.92. The number of para-hydroxylation sites is 1. The van der Waals surface area contributed by atoms with Crippen LogP contribution in [0.15, 0.2) is 83.8 Å². The molecule has 1 amide bonds. The van der Waals surface area contributed by atoms with Gasteiger partial charge in [0.25, 0.3) is 15.9 Å². The second-order valence-corrected chi connectivity index (χ2v) is 9.97. The molecular weight excluding hydrogens is 446 g/mol. The molecule has 0 saturated carbocycles. The summed E-state index contributed by atoms with van der Waals surface area (Å²) in [6.45, 7) is 2.42. The van der Waals surface area contributed by atoms with Crippen molar-refractivity contribution in [2.24, 2.45) is 0 Å². The predicted molar refractivity (Wildman–Crippen MR) is 128 cm³/mol. The average Bonchev–Trinajstić information content (AvgIpc) is 2.84. The van der Waals surface area contributed by atoms with Crippen LogP contribution in [0.4, 0.5) is 11.4 Å². The molecule has 32 heavy (non-hydrogen) atoms. The third-order valence-corrected chi connectivity index (χ3v) is 7.64. The van der Waals surface area contributed by atoms with Crippen molar-refractivity contribution in [3.63, 3.8) is 0 Å². The summed E-state index contributed by atoms with van der Waals surface area (Å²) in [5.74, 6) is -0.179. The fraction of sp³-hybridized carbons (Fsp3) is 0.208. The van der Waals surface area contributed by atoms with E-state index in [0.29, 0.717) is 42.5 Å². The summed E-state index contributed by atoms with van der Waals surface area (Å²) < 4.78 is 27.4. The van der Waals surface area contributed by atoms with E-state index in [1.807, 2.05) is 24.3 Å². The van der Waals surface area contributed by atoms with Crippen LogP contribution >= 0.6 is 11.6 Å². The number of halogens is 1. The van der Waals surface area contributed by atoms with Crippen LogP contribution in [0.2, 0.25) is 5.02 Å². The van der Waals surface area contributed by atoms with E-state index in [-0.39, 0.29) is 10.8 Å². The smallest absolute Gasteiger partial charge is 0.264 e. The van der Waals surface area contributed by atoms with Crippen molar-refractivity contribution in [2.45, 2.75) is 4.90 Å². The molecule has 6 nitrogen and oxygen atoms in total. The SMILES string of the molecule is CN(c1ccccc1C(=O)N1CCN(c2cccc(Cl)c2)CC1)S(=O)(=O)c1ccccc1. The van der Waals surface area contributed by atoms with Gasteiger partial charge in [-0.05, 0) is 42.5 Å². The van der Waals surface area contributed by atoms with E-state index in [0.717, 1.165) is 5.69 Å². The van der Waals surface area contributed by atoms with Gasteiger partial charge in [-0.3, -0.25) is 9.10 Å². The van der Waals surface area contributed by atoms with Crippen molar-refractivity contribution in [1.29, 1.82) is 0 Å². The number of benzene rings is 3. The molecule has 1 fully saturated rings. The standard InChI is InChI=1S/C24H24ClN3O3S/c1-26(32(30,31)21-10-3-2-4-11-21)23-13-6-5-12-22(23)24(29)28-16-14-27(15-17-28)20-9-7-8-19(25)18-20/h2-13,18H,14-17H2,1H3. The van der Waals surface area contributed by atoms with Crippen LogP contribution in [-0.2, 0) is 10.0 Å². The van der Waals surface area contributed by atoms with Gasteiger partial charge in [-0.2, -0.15) is 0 Å². The summed E-state index contributed by atoms with van der Waals surface area (Å²) in [4.78, 5) is 17.5. The Morgan fingerprint density at radius 3 is 2.22 bits per heavy atom. The molecule has 4 rings (SSSR count). The second-order valence-electron chi connectivity index (χ2n) is 7.56. The topological polar surface area (TPSA) is 60.9 Å². The van der Waals surface area contributed by atoms with Crippen LogP contribution in [0.25, 0.3) is 0 Å². The Labute approximate surface area is 193 Å². The van der Waals surface area contributed by atoms with Gasteiger partial charge < -0.3 is 9.80 Å². The Morgan fingerprint density at radius 2 is 1.53 bits per heavy atom. The predicted octanol–water partition coefficient (Wildman–Crippen LogP) is 4.13. The molecular formula is C24H24ClN3O3S. The van der Waals surface area contributed by atoms with Crippen molar-refractivity contribution < 1.29 is 13.2 Å². The lowest BCUT2D eigenvalue weighted by molar-refractivity contribution is 0.0747. The lowest BCUT2D eigenvalue weighted by Gasteiger charge is -2.36. The molecule has 0 aromatic heterocycles. The first kappa shape index (κ1) is 22.2. The van der Waals surface area contributed by atoms with Gasteiger partial charge in [0.1, 0.15) is 0 Å². The Kier molecular flexibility index (Phi) is 6.39. The number of nitrogens with zero attached hydrogens (tertiary/aromatic N) is 3. The quantitative estimate of drug-likeness (QED) is 0.563. The number of rotatable bonds is 5. The Hall–Kier alpha value is -3.03. The van der Waals surface area contributed by atoms with Crippen molar-refractivity contribution >= 4 is 38.9 Å². The highest BCUT2D eigenvalue weighted by Crippen LogP contribution is 2.27. The molecule has 3 aromatic carbocycles. The van der Waals surface area contributed by atoms with Crippen LogP contribution in [0.1, 0.15) is 10.4 Å². The zero-order valence-corrected chi connectivity index (χ0v) is 19.3. The number of carbonyl (C=O) groups excluding carboxylic acids is 1. The summed E-state index contributed by atoms with van der Waals surface area (Å²) in [6.07, 6.45) is 0. The molecule has 166 valence electrons. The van der Waals surface area contributed by atoms with Gasteiger partial charge >= 0.3 is 0 Å². The fourth-order valence-electron chi connectivity index (χ4n) is 3.82. The Balaban J connectivity index is 1.53. The van der Waals surface area contributed by atoms with E-state index in [2.05, 4.69) is 4.90 Å². The van der Waals surface area contributed by atoms with E-state index in [1.165, 1.54) is 11.4 Å². The molecule has 0 unspecified atom stereocenters. The summed E-state index contributed by atoms with van der Waals surface area (Å²) in [5.41, 5.74) is 1.75. The van der Waals surface area contributed by atoms with Gasteiger partial charge in [0, 0.05) is 43.9 Å². The first-order valence-corrected chi connectivity index (χ1v) is 12.1. The van der Waals surface area contributed by atoms with Crippen molar-refractivity contribution in [3.8, 4) is 0 Å². The van der Waals surface area contributed by atoms with Crippen LogP contribution in [0.3, 0.4) is 0 Å². The Morgan fingerprint density at radius 1 is 0.875 bits per heavy atom. The minimum absolute atomic E-state index is 0.179. The van der Waals surface area contributed by atoms with Crippen LogP contribution in [0.5, 0.6) is 0 Å². The fourth-order valence-corrected chi connectivity index (χ4v) is 5.24. The molecule has 0 N–H and O–H groups in total. The van der Waals surface area contributed by atoms with Crippen LogP contribution in [-0.4, -0.2) is 52.5 Å². The molecule has 1 aliphatic rings. The second kappa shape index (κ2) is 9.22. The third kappa shape index (κ3) is 4.45. The van der Waals surface area contributed by atoms with E-state index in [1.54, 1.807) is 59.5 Å². The molecule has 0 aliphatic carbocycles. The largest absolute Gasteiger partial charge is 0.368 e. The number of sulfonamides is 1. The maximum atomic E-state index is 13.4. The Bertz CT molecular complexity index is 1210. The monoisotopic (exact) mass is 469 g/mol. The van der Waals surface area contributed by atoms with E-state index < -0.39 is 10.0 Å². The molecule has 0 atom stereocenters. The van der Waals surface area contributed by atoms with Gasteiger partial charge in [0.05, 0.1) is 16.1 Å². The maximum absolute atomic E-state index is 13.4. The summed E-state index contributed by atoms with van der Waals surface area (Å²) in [5, 5.41) is 0.678. The van der Waals surface area contributed by atoms with Crippen molar-refractivity contribution in [1.82, 2.24) is 4.90 Å². The number of carbonyl (C=O) groups is 1. The normalized spacial score (nSPS) is 14.3. The van der Waals surface area contributed by atoms with Crippen LogP contribution < -0.4 is 9.21 Å². The molecule has 8 heteroatoms. The van der Waals surface area contributed by atoms with E-state index >= 15 is 0 Å². The summed E-state index contributed by atoms with van der Waals surface area (Å²) in [7, 11) is -2.31. The molecule has 1 heterocycles. The summed E-state index contributed by atoms with van der Waals surface area (Å²) in [6, 6.07) is 22.7. The van der Waals surface area contributed by atoms with Crippen molar-refractivity contribution in [2.75, 3.05) is 42.4 Å². The van der Waals surface area contributed by atoms with Gasteiger partial charge in [-0.25, -0.2) is 8.42 Å². The zero-order chi connectivity index (χ0) is 22.7. The number of anilines is 2. The number of amides is 1. The maximum Gasteiger partial charge on any atom is 0.264 e. The van der Waals surface area contributed by atoms with Gasteiger partial charge in [0.15, 0.2) is 0 Å². The van der Waals surface area contributed by atoms with E-state index in [4.69, 9.17) is 11.6 Å². The lowest BCUT2D eigenvalue weighted by Crippen LogP contribution is -2.49. The highest BCUT2D eigenvalue weighted by Gasteiger charge is 2.28. The zero-order valence-electron chi connectivity index (χ0n) is 17.7. The molecule has 0 bridgehead atoms. The first-order valence-electron chi connectivity index (χ1n) is 10.3. The molecule has 3 aromatic rings. The molecule has 1 aliphatic heterocycles. The number of piperazine rings is 1. The van der Waals surface area contributed by atoms with E-state index in [9.17, 15) is 13.2 Å². The average molecular weight is 470 g/mol. The summed E-state index contributed by atoms with van der Waals surface area (Å²) >= 11 is 6.11. The molecule has 0 radical (unpaired) electrons. The lowest BCUT2D eigenvalue weighted by atomic mass is 10.1. The number of hydrogen-bond acceptors (Lipinski definition) is 4.